The molecule has 0 saturated carbocycles. The van der Waals surface area contributed by atoms with Gasteiger partial charge in [0.15, 0.2) is 0 Å². The molecule has 0 spiro atoms. The lowest BCUT2D eigenvalue weighted by molar-refractivity contribution is 0.197. The highest BCUT2D eigenvalue weighted by Gasteiger charge is 2.22. The average molecular weight is 148 g/mol. The van der Waals surface area contributed by atoms with Gasteiger partial charge in [0.25, 0.3) is 0 Å². The molecular weight excluding hydrogens is 136 g/mol. The van der Waals surface area contributed by atoms with Gasteiger partial charge in [-0.25, -0.2) is 0 Å². The van der Waals surface area contributed by atoms with E-state index in [1.54, 1.807) is 18.9 Å². The second kappa shape index (κ2) is 3.44. The van der Waals surface area contributed by atoms with Crippen molar-refractivity contribution in [3.63, 3.8) is 0 Å². The molecule has 3 heteroatoms. The molecule has 0 aliphatic carbocycles. The maximum atomic E-state index is 9.03. The van der Waals surface area contributed by atoms with Crippen molar-refractivity contribution >= 4 is 11.8 Å². The van der Waals surface area contributed by atoms with Crippen LogP contribution in [0.4, 0.5) is 0 Å². The van der Waals surface area contributed by atoms with Gasteiger partial charge in [0, 0.05) is 12.4 Å². The molecule has 1 rings (SSSR count). The van der Waals surface area contributed by atoms with Gasteiger partial charge in [-0.2, -0.15) is 0 Å². The Balaban J connectivity index is 2.14. The van der Waals surface area contributed by atoms with Crippen LogP contribution in [0.25, 0.3) is 0 Å². The summed E-state index contributed by atoms with van der Waals surface area (Å²) in [5.74, 6) is 0. The van der Waals surface area contributed by atoms with Crippen LogP contribution in [0.5, 0.6) is 0 Å². The summed E-state index contributed by atoms with van der Waals surface area (Å²) in [5, 5.41) is 9.57. The minimum Gasteiger partial charge on any atom is -0.384 e. The van der Waals surface area contributed by atoms with E-state index in [1.165, 1.54) is 0 Å². The lowest BCUT2D eigenvalue weighted by Crippen LogP contribution is -2.05. The molecule has 0 aromatic carbocycles. The molecule has 0 bridgehead atoms. The van der Waals surface area contributed by atoms with E-state index >= 15 is 0 Å². The quantitative estimate of drug-likeness (QED) is 0.629. The van der Waals surface area contributed by atoms with E-state index in [4.69, 9.17) is 9.84 Å². The molecule has 0 aromatic rings. The summed E-state index contributed by atoms with van der Waals surface area (Å²) < 4.78 is 4.94. The molecular formula is C6H12O2S. The molecule has 1 saturated heterocycles. The number of aliphatic hydroxyl groups is 1. The monoisotopic (exact) mass is 148 g/mol. The summed E-state index contributed by atoms with van der Waals surface area (Å²) in [7, 11) is 1.70. The summed E-state index contributed by atoms with van der Waals surface area (Å²) >= 11 is 1.62. The summed E-state index contributed by atoms with van der Waals surface area (Å²) in [6.07, 6.45) is 2.03. The number of hydrogen-bond donors (Lipinski definition) is 1. The van der Waals surface area contributed by atoms with Crippen LogP contribution in [0.15, 0.2) is 0 Å². The molecule has 1 aliphatic heterocycles. The molecule has 1 heterocycles. The highest BCUT2D eigenvalue weighted by Crippen LogP contribution is 2.31. The molecule has 2 unspecified atom stereocenters. The molecule has 1 N–H and O–H groups in total. The van der Waals surface area contributed by atoms with E-state index in [9.17, 15) is 0 Å². The van der Waals surface area contributed by atoms with Crippen LogP contribution < -0.4 is 0 Å². The van der Waals surface area contributed by atoms with E-state index in [1.807, 2.05) is 0 Å². The second-order valence-electron chi connectivity index (χ2n) is 2.25. The number of aliphatic hydroxyl groups excluding tert-OH is 1. The highest BCUT2D eigenvalue weighted by molar-refractivity contribution is 8.00. The summed E-state index contributed by atoms with van der Waals surface area (Å²) in [6, 6.07) is 0. The van der Waals surface area contributed by atoms with Crippen LogP contribution in [0.1, 0.15) is 12.8 Å². The van der Waals surface area contributed by atoms with Gasteiger partial charge in [0.05, 0.1) is 12.0 Å². The Morgan fingerprint density at radius 3 is 2.89 bits per heavy atom. The standard InChI is InChI=1S/C6H12O2S/c1-8-4-5-2-3-6(7)9-5/h5-7H,2-4H2,1H3. The Hall–Kier alpha value is 0.270. The lowest BCUT2D eigenvalue weighted by atomic mass is 10.2. The normalized spacial score (nSPS) is 35.3. The first-order chi connectivity index (χ1) is 4.33. The van der Waals surface area contributed by atoms with Gasteiger partial charge >= 0.3 is 0 Å². The van der Waals surface area contributed by atoms with E-state index in [2.05, 4.69) is 0 Å². The van der Waals surface area contributed by atoms with Crippen molar-refractivity contribution in [1.82, 2.24) is 0 Å². The summed E-state index contributed by atoms with van der Waals surface area (Å²) in [4.78, 5) is 0. The number of hydrogen-bond acceptors (Lipinski definition) is 3. The molecule has 54 valence electrons. The Labute approximate surface area is 59.6 Å². The van der Waals surface area contributed by atoms with E-state index < -0.39 is 0 Å². The third-order valence-electron chi connectivity index (χ3n) is 1.44. The minimum absolute atomic E-state index is 0.134. The molecule has 0 aromatic heterocycles. The van der Waals surface area contributed by atoms with Crippen LogP contribution >= 0.6 is 11.8 Å². The zero-order valence-corrected chi connectivity index (χ0v) is 6.36. The van der Waals surface area contributed by atoms with Crippen molar-refractivity contribution in [3.05, 3.63) is 0 Å². The zero-order valence-electron chi connectivity index (χ0n) is 5.54. The van der Waals surface area contributed by atoms with Crippen molar-refractivity contribution in [1.29, 1.82) is 0 Å². The Kier molecular flexibility index (Phi) is 2.82. The van der Waals surface area contributed by atoms with Crippen LogP contribution in [-0.4, -0.2) is 29.5 Å². The van der Waals surface area contributed by atoms with Gasteiger partial charge in [0.1, 0.15) is 0 Å². The van der Waals surface area contributed by atoms with E-state index in [-0.39, 0.29) is 5.44 Å². The van der Waals surface area contributed by atoms with Crippen LogP contribution in [0.2, 0.25) is 0 Å². The summed E-state index contributed by atoms with van der Waals surface area (Å²) in [5.41, 5.74) is -0.134. The fraction of sp³-hybridized carbons (Fsp3) is 1.00. The second-order valence-corrected chi connectivity index (χ2v) is 3.73. The van der Waals surface area contributed by atoms with Crippen LogP contribution in [-0.2, 0) is 4.74 Å². The van der Waals surface area contributed by atoms with Gasteiger partial charge in [0.2, 0.25) is 0 Å². The fourth-order valence-electron chi connectivity index (χ4n) is 0.995. The molecule has 2 nitrogen and oxygen atoms in total. The maximum absolute atomic E-state index is 9.03. The number of ether oxygens (including phenoxy) is 1. The molecule has 0 amide bonds. The Bertz CT molecular complexity index is 85.1. The van der Waals surface area contributed by atoms with Crippen molar-refractivity contribution in [2.45, 2.75) is 23.5 Å². The van der Waals surface area contributed by atoms with Gasteiger partial charge < -0.3 is 9.84 Å². The number of rotatable bonds is 2. The minimum atomic E-state index is -0.134. The van der Waals surface area contributed by atoms with Crippen LogP contribution in [0.3, 0.4) is 0 Å². The van der Waals surface area contributed by atoms with Crippen LogP contribution in [0, 0.1) is 0 Å². The van der Waals surface area contributed by atoms with Crippen molar-refractivity contribution in [2.24, 2.45) is 0 Å². The summed E-state index contributed by atoms with van der Waals surface area (Å²) in [6.45, 7) is 0.779. The molecule has 1 fully saturated rings. The third-order valence-corrected chi connectivity index (χ3v) is 2.74. The third kappa shape index (κ3) is 2.16. The predicted octanol–water partition coefficient (Wildman–Crippen LogP) is 0.847. The first-order valence-electron chi connectivity index (χ1n) is 3.15. The van der Waals surface area contributed by atoms with Gasteiger partial charge in [-0.05, 0) is 12.8 Å². The first-order valence-corrected chi connectivity index (χ1v) is 4.09. The van der Waals surface area contributed by atoms with E-state index in [0.29, 0.717) is 5.25 Å². The fourth-order valence-corrected chi connectivity index (χ4v) is 2.20. The number of thioether (sulfide) groups is 1. The van der Waals surface area contributed by atoms with Gasteiger partial charge in [-0.3, -0.25) is 0 Å². The van der Waals surface area contributed by atoms with Crippen molar-refractivity contribution in [3.8, 4) is 0 Å². The molecule has 1 aliphatic rings. The Morgan fingerprint density at radius 2 is 2.44 bits per heavy atom. The Morgan fingerprint density at radius 1 is 1.67 bits per heavy atom. The van der Waals surface area contributed by atoms with Gasteiger partial charge in [-0.1, -0.05) is 0 Å². The lowest BCUT2D eigenvalue weighted by Gasteiger charge is -2.05. The smallest absolute Gasteiger partial charge is 0.0996 e. The largest absolute Gasteiger partial charge is 0.384 e. The zero-order chi connectivity index (χ0) is 6.69. The topological polar surface area (TPSA) is 29.5 Å². The molecule has 9 heavy (non-hydrogen) atoms. The first kappa shape index (κ1) is 7.38. The van der Waals surface area contributed by atoms with Gasteiger partial charge in [-0.15, -0.1) is 11.8 Å². The van der Waals surface area contributed by atoms with E-state index in [0.717, 1.165) is 19.4 Å². The highest BCUT2D eigenvalue weighted by atomic mass is 32.2. The average Bonchev–Trinajstić information content (AvgIpc) is 2.17. The maximum Gasteiger partial charge on any atom is 0.0996 e. The molecule has 2 atom stereocenters. The van der Waals surface area contributed by atoms with Crippen molar-refractivity contribution in [2.75, 3.05) is 13.7 Å². The molecule has 0 radical (unpaired) electrons. The number of methoxy groups -OCH3 is 1. The SMILES string of the molecule is COCC1CCC(O)S1. The predicted molar refractivity (Wildman–Crippen MR) is 38.5 cm³/mol. The van der Waals surface area contributed by atoms with Crippen molar-refractivity contribution < 1.29 is 9.84 Å².